The molecule has 0 radical (unpaired) electrons. The van der Waals surface area contributed by atoms with Crippen molar-refractivity contribution in [1.82, 2.24) is 0 Å². The minimum absolute atomic E-state index is 0.157. The van der Waals surface area contributed by atoms with Gasteiger partial charge in [0.15, 0.2) is 0 Å². The molecular weight excluding hydrogens is 308 g/mol. The zero-order valence-electron chi connectivity index (χ0n) is 15.5. The van der Waals surface area contributed by atoms with Crippen LogP contribution in [0.4, 0.5) is 0 Å². The molecule has 130 valence electrons. The number of rotatable bonds is 5. The van der Waals surface area contributed by atoms with E-state index in [1.54, 1.807) is 6.08 Å². The molecule has 0 amide bonds. The molecule has 0 fully saturated rings. The summed E-state index contributed by atoms with van der Waals surface area (Å²) >= 11 is 0. The van der Waals surface area contributed by atoms with Crippen molar-refractivity contribution in [1.29, 1.82) is 0 Å². The number of hydrogen-bond donors (Lipinski definition) is 0. The largest absolute Gasteiger partial charge is 0.431 e. The Morgan fingerprint density at radius 2 is 1.64 bits per heavy atom. The van der Waals surface area contributed by atoms with Crippen LogP contribution in [0.25, 0.3) is 6.08 Å². The summed E-state index contributed by atoms with van der Waals surface area (Å²) in [5.41, 5.74) is 4.65. The number of esters is 1. The summed E-state index contributed by atoms with van der Waals surface area (Å²) in [5, 5.41) is 0. The minimum atomic E-state index is -0.369. The monoisotopic (exact) mass is 334 g/mol. The Bertz CT molecular complexity index is 745. The summed E-state index contributed by atoms with van der Waals surface area (Å²) in [6.45, 7) is 8.58. The molecule has 2 aromatic rings. The number of allylic oxidation sites excluding steroid dienone is 1. The zero-order chi connectivity index (χ0) is 18.3. The van der Waals surface area contributed by atoms with Crippen LogP contribution in [0.5, 0.6) is 0 Å². The smallest absolute Gasteiger partial charge is 0.335 e. The van der Waals surface area contributed by atoms with E-state index >= 15 is 0 Å². The predicted octanol–water partition coefficient (Wildman–Crippen LogP) is 5.69. The molecule has 2 heteroatoms. The van der Waals surface area contributed by atoms with E-state index in [-0.39, 0.29) is 11.4 Å². The number of carbonyl (C=O) groups excluding carboxylic acids is 1. The molecule has 0 spiro atoms. The molecule has 0 bridgehead atoms. The highest BCUT2D eigenvalue weighted by Crippen LogP contribution is 2.22. The summed E-state index contributed by atoms with van der Waals surface area (Å²) in [6, 6.07) is 18.3. The standard InChI is InChI=1S/C23H26O2/c1-18(16-20-10-13-21(14-11-20)23(2,3)4)17-25-22(24)15-12-19-8-6-5-7-9-19/h5-15,17H,16H2,1-4H3. The van der Waals surface area contributed by atoms with Gasteiger partial charge in [-0.3, -0.25) is 0 Å². The Morgan fingerprint density at radius 1 is 1.00 bits per heavy atom. The minimum Gasteiger partial charge on any atom is -0.431 e. The summed E-state index contributed by atoms with van der Waals surface area (Å²) in [4.78, 5) is 11.8. The third-order valence-electron chi connectivity index (χ3n) is 3.89. The Balaban J connectivity index is 1.89. The van der Waals surface area contributed by atoms with Crippen LogP contribution in [-0.2, 0) is 21.4 Å². The van der Waals surface area contributed by atoms with Gasteiger partial charge in [-0.25, -0.2) is 4.79 Å². The van der Waals surface area contributed by atoms with Gasteiger partial charge >= 0.3 is 5.97 Å². The highest BCUT2D eigenvalue weighted by molar-refractivity contribution is 5.87. The molecule has 25 heavy (non-hydrogen) atoms. The van der Waals surface area contributed by atoms with Crippen molar-refractivity contribution in [2.75, 3.05) is 0 Å². The highest BCUT2D eigenvalue weighted by Gasteiger charge is 2.12. The molecular formula is C23H26O2. The van der Waals surface area contributed by atoms with E-state index in [1.807, 2.05) is 37.3 Å². The Labute approximate surface area is 150 Å². The van der Waals surface area contributed by atoms with Crippen molar-refractivity contribution in [2.45, 2.75) is 39.5 Å². The van der Waals surface area contributed by atoms with Crippen LogP contribution in [0, 0.1) is 0 Å². The molecule has 0 unspecified atom stereocenters. The van der Waals surface area contributed by atoms with Gasteiger partial charge in [0.2, 0.25) is 0 Å². The summed E-state index contributed by atoms with van der Waals surface area (Å²) in [5.74, 6) is -0.369. The molecule has 2 rings (SSSR count). The Kier molecular flexibility index (Phi) is 6.35. The van der Waals surface area contributed by atoms with Crippen molar-refractivity contribution in [3.63, 3.8) is 0 Å². The van der Waals surface area contributed by atoms with Crippen LogP contribution >= 0.6 is 0 Å². The maximum atomic E-state index is 11.8. The molecule has 0 aliphatic heterocycles. The van der Waals surface area contributed by atoms with Crippen molar-refractivity contribution >= 4 is 12.0 Å². The van der Waals surface area contributed by atoms with Gasteiger partial charge in [-0.1, -0.05) is 75.4 Å². The number of carbonyl (C=O) groups is 1. The second-order valence-corrected chi connectivity index (χ2v) is 7.27. The first-order valence-corrected chi connectivity index (χ1v) is 8.53. The molecule has 0 saturated carbocycles. The first-order chi connectivity index (χ1) is 11.8. The SMILES string of the molecule is CC(=COC(=O)C=Cc1ccccc1)Cc1ccc(C(C)(C)C)cc1. The number of benzene rings is 2. The summed E-state index contributed by atoms with van der Waals surface area (Å²) in [6.07, 6.45) is 5.49. The van der Waals surface area contributed by atoms with E-state index < -0.39 is 0 Å². The van der Waals surface area contributed by atoms with Crippen LogP contribution in [0.2, 0.25) is 0 Å². The van der Waals surface area contributed by atoms with Gasteiger partial charge in [-0.2, -0.15) is 0 Å². The maximum Gasteiger partial charge on any atom is 0.335 e. The molecule has 0 atom stereocenters. The van der Waals surface area contributed by atoms with Crippen molar-refractivity contribution < 1.29 is 9.53 Å². The average molecular weight is 334 g/mol. The van der Waals surface area contributed by atoms with Crippen LogP contribution in [0.3, 0.4) is 0 Å². The van der Waals surface area contributed by atoms with Crippen LogP contribution in [0.15, 0.2) is 72.5 Å². The molecule has 2 aromatic carbocycles. The number of ether oxygens (including phenoxy) is 1. The summed E-state index contributed by atoms with van der Waals surface area (Å²) < 4.78 is 5.19. The fourth-order valence-electron chi connectivity index (χ4n) is 2.41. The molecule has 0 aliphatic carbocycles. The Morgan fingerprint density at radius 3 is 2.24 bits per heavy atom. The third kappa shape index (κ3) is 6.42. The zero-order valence-corrected chi connectivity index (χ0v) is 15.5. The van der Waals surface area contributed by atoms with E-state index in [4.69, 9.17) is 4.74 Å². The Hall–Kier alpha value is -2.61. The van der Waals surface area contributed by atoms with Gasteiger partial charge in [-0.05, 0) is 47.1 Å². The molecule has 0 saturated heterocycles. The van der Waals surface area contributed by atoms with Crippen molar-refractivity contribution in [3.05, 3.63) is 89.2 Å². The first-order valence-electron chi connectivity index (χ1n) is 8.53. The lowest BCUT2D eigenvalue weighted by atomic mass is 9.86. The van der Waals surface area contributed by atoms with Gasteiger partial charge < -0.3 is 4.74 Å². The predicted molar refractivity (Wildman–Crippen MR) is 104 cm³/mol. The van der Waals surface area contributed by atoms with E-state index in [0.29, 0.717) is 0 Å². The fourth-order valence-corrected chi connectivity index (χ4v) is 2.41. The molecule has 0 aromatic heterocycles. The van der Waals surface area contributed by atoms with Crippen molar-refractivity contribution in [3.8, 4) is 0 Å². The second-order valence-electron chi connectivity index (χ2n) is 7.27. The van der Waals surface area contributed by atoms with Gasteiger partial charge in [0.1, 0.15) is 0 Å². The summed E-state index contributed by atoms with van der Waals surface area (Å²) in [7, 11) is 0. The third-order valence-corrected chi connectivity index (χ3v) is 3.89. The van der Waals surface area contributed by atoms with Crippen LogP contribution < -0.4 is 0 Å². The number of hydrogen-bond acceptors (Lipinski definition) is 2. The molecule has 0 heterocycles. The lowest BCUT2D eigenvalue weighted by molar-refractivity contribution is -0.132. The quantitative estimate of drug-likeness (QED) is 0.399. The highest BCUT2D eigenvalue weighted by atomic mass is 16.5. The molecule has 2 nitrogen and oxygen atoms in total. The van der Waals surface area contributed by atoms with E-state index in [2.05, 4.69) is 45.0 Å². The van der Waals surface area contributed by atoms with Crippen LogP contribution in [-0.4, -0.2) is 5.97 Å². The van der Waals surface area contributed by atoms with Gasteiger partial charge in [-0.15, -0.1) is 0 Å². The van der Waals surface area contributed by atoms with Crippen LogP contribution in [0.1, 0.15) is 44.4 Å². The van der Waals surface area contributed by atoms with Gasteiger partial charge in [0.05, 0.1) is 6.26 Å². The van der Waals surface area contributed by atoms with E-state index in [0.717, 1.165) is 17.6 Å². The molecule has 0 aliphatic rings. The van der Waals surface area contributed by atoms with Gasteiger partial charge in [0, 0.05) is 6.08 Å². The molecule has 0 N–H and O–H groups in total. The topological polar surface area (TPSA) is 26.3 Å². The maximum absolute atomic E-state index is 11.8. The van der Waals surface area contributed by atoms with E-state index in [1.165, 1.54) is 23.5 Å². The lowest BCUT2D eigenvalue weighted by Gasteiger charge is -2.19. The lowest BCUT2D eigenvalue weighted by Crippen LogP contribution is -2.10. The van der Waals surface area contributed by atoms with Gasteiger partial charge in [0.25, 0.3) is 0 Å². The first kappa shape index (κ1) is 18.7. The average Bonchev–Trinajstić information content (AvgIpc) is 2.59. The normalized spacial score (nSPS) is 12.4. The van der Waals surface area contributed by atoms with E-state index in [9.17, 15) is 4.79 Å². The fraction of sp³-hybridized carbons (Fsp3) is 0.261. The second kappa shape index (κ2) is 8.48. The van der Waals surface area contributed by atoms with Crippen molar-refractivity contribution in [2.24, 2.45) is 0 Å².